The lowest BCUT2D eigenvalue weighted by atomic mass is 10.1. The number of nitrogens with one attached hydrogen (secondary N) is 1. The van der Waals surface area contributed by atoms with Crippen molar-refractivity contribution in [1.82, 2.24) is 5.32 Å². The first-order valence-electron chi connectivity index (χ1n) is 7.15. The van der Waals surface area contributed by atoms with Crippen molar-refractivity contribution in [2.24, 2.45) is 0 Å². The molecule has 0 spiro atoms. The molecule has 116 valence electrons. The first-order valence-corrected chi connectivity index (χ1v) is 7.15. The van der Waals surface area contributed by atoms with Crippen molar-refractivity contribution < 1.29 is 19.1 Å². The molecule has 0 saturated carbocycles. The van der Waals surface area contributed by atoms with Crippen LogP contribution in [0.25, 0.3) is 0 Å². The molecule has 0 bridgehead atoms. The zero-order valence-electron chi connectivity index (χ0n) is 12.9. The second-order valence-electron chi connectivity index (χ2n) is 4.77. The Morgan fingerprint density at radius 1 is 1.19 bits per heavy atom. The van der Waals surface area contributed by atoms with Gasteiger partial charge < -0.3 is 14.8 Å². The van der Waals surface area contributed by atoms with Crippen LogP contribution in [0.4, 0.5) is 0 Å². The van der Waals surface area contributed by atoms with Crippen LogP contribution < -0.4 is 10.1 Å². The predicted molar refractivity (Wildman–Crippen MR) is 80.3 cm³/mol. The van der Waals surface area contributed by atoms with Crippen molar-refractivity contribution in [3.8, 4) is 5.75 Å². The number of esters is 1. The van der Waals surface area contributed by atoms with Crippen LogP contribution in [0, 0.1) is 13.8 Å². The van der Waals surface area contributed by atoms with Crippen molar-refractivity contribution >= 4 is 11.9 Å². The number of aryl methyl sites for hydroxylation is 2. The zero-order chi connectivity index (χ0) is 15.7. The maximum absolute atomic E-state index is 11.6. The van der Waals surface area contributed by atoms with Gasteiger partial charge >= 0.3 is 5.97 Å². The van der Waals surface area contributed by atoms with Gasteiger partial charge in [-0.15, -0.1) is 0 Å². The molecule has 0 heterocycles. The highest BCUT2D eigenvalue weighted by atomic mass is 16.5. The van der Waals surface area contributed by atoms with Crippen molar-refractivity contribution in [3.05, 3.63) is 29.3 Å². The summed E-state index contributed by atoms with van der Waals surface area (Å²) in [4.78, 5) is 22.7. The Morgan fingerprint density at radius 3 is 2.62 bits per heavy atom. The van der Waals surface area contributed by atoms with Crippen LogP contribution in [0.2, 0.25) is 0 Å². The molecule has 0 saturated heterocycles. The fourth-order valence-corrected chi connectivity index (χ4v) is 1.84. The molecule has 0 unspecified atom stereocenters. The van der Waals surface area contributed by atoms with E-state index < -0.39 is 0 Å². The first-order chi connectivity index (χ1) is 10.0. The molecule has 0 atom stereocenters. The Hall–Kier alpha value is -2.04. The van der Waals surface area contributed by atoms with Crippen LogP contribution >= 0.6 is 0 Å². The number of ether oxygens (including phenoxy) is 2. The molecule has 1 rings (SSSR count). The molecule has 1 amide bonds. The van der Waals surface area contributed by atoms with E-state index in [4.69, 9.17) is 9.47 Å². The average molecular weight is 293 g/mol. The summed E-state index contributed by atoms with van der Waals surface area (Å²) >= 11 is 0. The predicted octanol–water partition coefficient (Wildman–Crippen LogP) is 2.14. The Bertz CT molecular complexity index is 485. The van der Waals surface area contributed by atoms with E-state index in [0.717, 1.165) is 11.3 Å². The summed E-state index contributed by atoms with van der Waals surface area (Å²) in [6, 6.07) is 5.92. The third kappa shape index (κ3) is 6.79. The highest BCUT2D eigenvalue weighted by Gasteiger charge is 2.06. The second kappa shape index (κ2) is 9.00. The van der Waals surface area contributed by atoms with Gasteiger partial charge in [-0.1, -0.05) is 17.7 Å². The van der Waals surface area contributed by atoms with E-state index >= 15 is 0 Å². The van der Waals surface area contributed by atoms with E-state index in [1.807, 2.05) is 32.0 Å². The van der Waals surface area contributed by atoms with Gasteiger partial charge in [0.1, 0.15) is 5.75 Å². The highest BCUT2D eigenvalue weighted by Crippen LogP contribution is 2.18. The Kier molecular flexibility index (Phi) is 7.29. The van der Waals surface area contributed by atoms with Crippen LogP contribution in [-0.4, -0.2) is 31.6 Å². The van der Waals surface area contributed by atoms with Gasteiger partial charge in [0.25, 0.3) is 0 Å². The summed E-state index contributed by atoms with van der Waals surface area (Å²) < 4.78 is 10.3. The van der Waals surface area contributed by atoms with E-state index in [1.54, 1.807) is 6.92 Å². The zero-order valence-corrected chi connectivity index (χ0v) is 12.9. The lowest BCUT2D eigenvalue weighted by molar-refractivity contribution is -0.143. The molecule has 0 aromatic heterocycles. The van der Waals surface area contributed by atoms with Gasteiger partial charge in [-0.05, 0) is 32.4 Å². The number of carbonyl (C=O) groups excluding carboxylic acids is 2. The molecule has 1 aromatic carbocycles. The maximum atomic E-state index is 11.6. The van der Waals surface area contributed by atoms with Gasteiger partial charge in [0.05, 0.1) is 26.1 Å². The van der Waals surface area contributed by atoms with Crippen LogP contribution in [0.5, 0.6) is 5.75 Å². The highest BCUT2D eigenvalue weighted by molar-refractivity contribution is 5.77. The van der Waals surface area contributed by atoms with E-state index in [2.05, 4.69) is 5.32 Å². The largest absolute Gasteiger partial charge is 0.493 e. The normalized spacial score (nSPS) is 10.0. The molecule has 21 heavy (non-hydrogen) atoms. The lowest BCUT2D eigenvalue weighted by Gasteiger charge is -2.10. The molecule has 5 heteroatoms. The maximum Gasteiger partial charge on any atom is 0.307 e. The molecule has 5 nitrogen and oxygen atoms in total. The first kappa shape index (κ1) is 17.0. The summed E-state index contributed by atoms with van der Waals surface area (Å²) in [7, 11) is 0. The standard InChI is InChI=1S/C16H23NO4/c1-4-20-16(19)7-9-17-15(18)8-10-21-14-6-5-12(2)11-13(14)3/h5-6,11H,4,7-10H2,1-3H3,(H,17,18). The van der Waals surface area contributed by atoms with E-state index in [1.165, 1.54) is 5.56 Å². The van der Waals surface area contributed by atoms with Crippen molar-refractivity contribution in [3.63, 3.8) is 0 Å². The third-order valence-electron chi connectivity index (χ3n) is 2.87. The number of amides is 1. The van der Waals surface area contributed by atoms with Crippen molar-refractivity contribution in [2.45, 2.75) is 33.6 Å². The minimum Gasteiger partial charge on any atom is -0.493 e. The van der Waals surface area contributed by atoms with Crippen LogP contribution in [0.15, 0.2) is 18.2 Å². The quantitative estimate of drug-likeness (QED) is 0.746. The topological polar surface area (TPSA) is 64.6 Å². The van der Waals surface area contributed by atoms with Crippen LogP contribution in [0.1, 0.15) is 30.9 Å². The second-order valence-corrected chi connectivity index (χ2v) is 4.77. The van der Waals surface area contributed by atoms with Crippen LogP contribution in [-0.2, 0) is 14.3 Å². The van der Waals surface area contributed by atoms with Crippen LogP contribution in [0.3, 0.4) is 0 Å². The lowest BCUT2D eigenvalue weighted by Crippen LogP contribution is -2.27. The molecular weight excluding hydrogens is 270 g/mol. The van der Waals surface area contributed by atoms with Crippen molar-refractivity contribution in [2.75, 3.05) is 19.8 Å². The Balaban J connectivity index is 2.20. The molecule has 0 aliphatic rings. The fourth-order valence-electron chi connectivity index (χ4n) is 1.84. The molecule has 0 fully saturated rings. The van der Waals surface area contributed by atoms with E-state index in [9.17, 15) is 9.59 Å². The third-order valence-corrected chi connectivity index (χ3v) is 2.87. The summed E-state index contributed by atoms with van der Waals surface area (Å²) in [5.74, 6) is 0.355. The summed E-state index contributed by atoms with van der Waals surface area (Å²) in [5, 5.41) is 2.66. The SMILES string of the molecule is CCOC(=O)CCNC(=O)CCOc1ccc(C)cc1C. The van der Waals surface area contributed by atoms with E-state index in [0.29, 0.717) is 19.8 Å². The van der Waals surface area contributed by atoms with E-state index in [-0.39, 0.29) is 24.7 Å². The van der Waals surface area contributed by atoms with Gasteiger partial charge in [-0.3, -0.25) is 9.59 Å². The minimum atomic E-state index is -0.302. The van der Waals surface area contributed by atoms with Gasteiger partial charge in [0.15, 0.2) is 0 Å². The number of benzene rings is 1. The van der Waals surface area contributed by atoms with Gasteiger partial charge in [0.2, 0.25) is 5.91 Å². The average Bonchev–Trinajstić information content (AvgIpc) is 2.41. The molecule has 1 aromatic rings. The molecule has 0 radical (unpaired) electrons. The molecule has 0 aliphatic heterocycles. The summed E-state index contributed by atoms with van der Waals surface area (Å²) in [6.45, 7) is 6.71. The molecule has 0 aliphatic carbocycles. The Morgan fingerprint density at radius 2 is 1.95 bits per heavy atom. The van der Waals surface area contributed by atoms with Gasteiger partial charge in [-0.25, -0.2) is 0 Å². The smallest absolute Gasteiger partial charge is 0.307 e. The van der Waals surface area contributed by atoms with Crippen molar-refractivity contribution in [1.29, 1.82) is 0 Å². The fraction of sp³-hybridized carbons (Fsp3) is 0.500. The number of carbonyl (C=O) groups is 2. The number of hydrogen-bond acceptors (Lipinski definition) is 4. The minimum absolute atomic E-state index is 0.135. The summed E-state index contributed by atoms with van der Waals surface area (Å²) in [6.07, 6.45) is 0.452. The van der Waals surface area contributed by atoms with Gasteiger partial charge in [0, 0.05) is 6.54 Å². The monoisotopic (exact) mass is 293 g/mol. The summed E-state index contributed by atoms with van der Waals surface area (Å²) in [5.41, 5.74) is 2.23. The number of rotatable bonds is 8. The van der Waals surface area contributed by atoms with Gasteiger partial charge in [-0.2, -0.15) is 0 Å². The molecular formula is C16H23NO4. The Labute approximate surface area is 125 Å². The number of hydrogen-bond donors (Lipinski definition) is 1. The molecule has 1 N–H and O–H groups in total.